The first-order chi connectivity index (χ1) is 16.8. The van der Waals surface area contributed by atoms with Crippen LogP contribution in [0.3, 0.4) is 0 Å². The minimum absolute atomic E-state index is 0.177. The molecule has 0 aliphatic heterocycles. The lowest BCUT2D eigenvalue weighted by molar-refractivity contribution is -0.118. The van der Waals surface area contributed by atoms with Crippen molar-refractivity contribution in [2.75, 3.05) is 33.8 Å². The Morgan fingerprint density at radius 2 is 1.54 bits per heavy atom. The van der Waals surface area contributed by atoms with E-state index in [1.54, 1.807) is 44.6 Å². The Hall–Kier alpha value is -3.79. The van der Waals surface area contributed by atoms with Crippen LogP contribution in [0.15, 0.2) is 41.8 Å². The third-order valence-corrected chi connectivity index (χ3v) is 6.02. The molecule has 3 rings (SSSR count). The van der Waals surface area contributed by atoms with Gasteiger partial charge in [0.25, 0.3) is 5.91 Å². The molecule has 0 unspecified atom stereocenters. The van der Waals surface area contributed by atoms with Crippen LogP contribution in [-0.4, -0.2) is 51.3 Å². The molecule has 0 spiro atoms. The van der Waals surface area contributed by atoms with Crippen LogP contribution in [0.4, 0.5) is 5.13 Å². The van der Waals surface area contributed by atoms with Gasteiger partial charge in [-0.25, -0.2) is 4.98 Å². The number of thiazole rings is 1. The van der Waals surface area contributed by atoms with E-state index in [-0.39, 0.29) is 11.8 Å². The van der Waals surface area contributed by atoms with Gasteiger partial charge in [-0.3, -0.25) is 9.59 Å². The van der Waals surface area contributed by atoms with Crippen LogP contribution in [0.25, 0.3) is 11.3 Å². The number of methoxy groups -OCH3 is 4. The van der Waals surface area contributed by atoms with E-state index in [4.69, 9.17) is 18.9 Å². The number of hydrogen-bond acceptors (Lipinski definition) is 8. The average molecular weight is 500 g/mol. The normalized spacial score (nSPS) is 11.5. The number of carbonyl (C=O) groups excluding carboxylic acids is 2. The molecule has 0 fully saturated rings. The lowest BCUT2D eigenvalue weighted by atomic mass is 10.0. The molecular formula is C25H29N3O6S. The number of rotatable bonds is 10. The number of nitrogens with one attached hydrogen (secondary N) is 2. The second-order valence-corrected chi connectivity index (χ2v) is 8.75. The van der Waals surface area contributed by atoms with E-state index >= 15 is 0 Å². The topological polar surface area (TPSA) is 108 Å². The van der Waals surface area contributed by atoms with Gasteiger partial charge in [0.05, 0.1) is 34.1 Å². The number of aromatic nitrogens is 1. The molecule has 2 aromatic carbocycles. The van der Waals surface area contributed by atoms with Crippen LogP contribution in [0.1, 0.15) is 24.2 Å². The second kappa shape index (κ2) is 11.6. The fourth-order valence-electron chi connectivity index (χ4n) is 3.35. The Bertz CT molecular complexity index is 1170. The molecule has 0 saturated carbocycles. The number of carbonyl (C=O) groups is 2. The largest absolute Gasteiger partial charge is 0.497 e. The number of amides is 2. The molecule has 0 aliphatic carbocycles. The number of benzene rings is 2. The van der Waals surface area contributed by atoms with E-state index in [9.17, 15) is 9.59 Å². The summed E-state index contributed by atoms with van der Waals surface area (Å²) in [6.07, 6.45) is 0. The highest BCUT2D eigenvalue weighted by molar-refractivity contribution is 7.14. The van der Waals surface area contributed by atoms with Crippen molar-refractivity contribution in [2.24, 2.45) is 5.92 Å². The third-order valence-electron chi connectivity index (χ3n) is 5.27. The monoisotopic (exact) mass is 499 g/mol. The van der Waals surface area contributed by atoms with E-state index in [0.29, 0.717) is 39.4 Å². The van der Waals surface area contributed by atoms with E-state index in [1.165, 1.54) is 25.6 Å². The first-order valence-electron chi connectivity index (χ1n) is 10.8. The molecule has 0 aliphatic rings. The van der Waals surface area contributed by atoms with Gasteiger partial charge in [-0.2, -0.15) is 0 Å². The summed E-state index contributed by atoms with van der Waals surface area (Å²) in [6.45, 7) is 3.70. The first kappa shape index (κ1) is 25.8. The van der Waals surface area contributed by atoms with Crippen molar-refractivity contribution in [3.05, 3.63) is 47.3 Å². The first-order valence-corrected chi connectivity index (χ1v) is 11.7. The lowest BCUT2D eigenvalue weighted by Crippen LogP contribution is -2.47. The van der Waals surface area contributed by atoms with Gasteiger partial charge >= 0.3 is 0 Å². The zero-order chi connectivity index (χ0) is 25.5. The van der Waals surface area contributed by atoms with Crippen LogP contribution in [0, 0.1) is 5.92 Å². The molecule has 1 atom stereocenters. The zero-order valence-corrected chi connectivity index (χ0v) is 21.3. The molecule has 1 heterocycles. The number of hydrogen-bond donors (Lipinski definition) is 2. The predicted octanol–water partition coefficient (Wildman–Crippen LogP) is 4.24. The van der Waals surface area contributed by atoms with Gasteiger partial charge < -0.3 is 29.6 Å². The summed E-state index contributed by atoms with van der Waals surface area (Å²) in [7, 11) is 6.17. The molecular weight excluding hydrogens is 470 g/mol. The Morgan fingerprint density at radius 3 is 2.11 bits per heavy atom. The van der Waals surface area contributed by atoms with Crippen molar-refractivity contribution in [3.8, 4) is 34.3 Å². The van der Waals surface area contributed by atoms with E-state index in [2.05, 4.69) is 15.6 Å². The van der Waals surface area contributed by atoms with Crippen LogP contribution < -0.4 is 29.6 Å². The number of ether oxygens (including phenoxy) is 4. The van der Waals surface area contributed by atoms with E-state index in [0.717, 1.165) is 5.56 Å². The highest BCUT2D eigenvalue weighted by atomic mass is 32.1. The van der Waals surface area contributed by atoms with Gasteiger partial charge in [-0.15, -0.1) is 11.3 Å². The quantitative estimate of drug-likeness (QED) is 0.430. The van der Waals surface area contributed by atoms with Crippen LogP contribution in [-0.2, 0) is 4.79 Å². The maximum atomic E-state index is 13.1. The molecule has 2 N–H and O–H groups in total. The van der Waals surface area contributed by atoms with Gasteiger partial charge in [-0.05, 0) is 36.2 Å². The maximum Gasteiger partial charge on any atom is 0.252 e. The van der Waals surface area contributed by atoms with Crippen molar-refractivity contribution in [3.63, 3.8) is 0 Å². The number of anilines is 1. The van der Waals surface area contributed by atoms with Gasteiger partial charge in [0, 0.05) is 22.6 Å². The van der Waals surface area contributed by atoms with Crippen LogP contribution in [0.2, 0.25) is 0 Å². The Balaban J connectivity index is 1.77. The standard InChI is InChI=1S/C25H29N3O6S/c1-14(2)22(27-23(29)15-9-17(32-4)11-18(10-15)33-5)24(30)28-25-26-20(13-35-25)19-12-16(31-3)7-8-21(19)34-6/h7-14,22H,1-6H3,(H,27,29)(H,26,28,30)/t22-/m1/s1. The maximum absolute atomic E-state index is 13.1. The smallest absolute Gasteiger partial charge is 0.252 e. The van der Waals surface area contributed by atoms with Gasteiger partial charge in [0.2, 0.25) is 5.91 Å². The summed E-state index contributed by atoms with van der Waals surface area (Å²) in [5.41, 5.74) is 1.69. The molecule has 0 bridgehead atoms. The molecule has 10 heteroatoms. The summed E-state index contributed by atoms with van der Waals surface area (Å²) in [6, 6.07) is 9.46. The van der Waals surface area contributed by atoms with Crippen molar-refractivity contribution in [2.45, 2.75) is 19.9 Å². The van der Waals surface area contributed by atoms with Crippen molar-refractivity contribution in [1.29, 1.82) is 0 Å². The van der Waals surface area contributed by atoms with Crippen molar-refractivity contribution in [1.82, 2.24) is 10.3 Å². The molecule has 9 nitrogen and oxygen atoms in total. The summed E-state index contributed by atoms with van der Waals surface area (Å²) in [5, 5.41) is 7.84. The Morgan fingerprint density at radius 1 is 0.886 bits per heavy atom. The molecule has 186 valence electrons. The highest BCUT2D eigenvalue weighted by Crippen LogP contribution is 2.35. The van der Waals surface area contributed by atoms with Gasteiger partial charge in [0.15, 0.2) is 5.13 Å². The SMILES string of the molecule is COc1cc(OC)cc(C(=O)N[C@@H](C(=O)Nc2nc(-c3cc(OC)ccc3OC)cs2)C(C)C)c1. The van der Waals surface area contributed by atoms with E-state index in [1.807, 2.05) is 25.3 Å². The molecule has 2 amide bonds. The van der Waals surface area contributed by atoms with Crippen LogP contribution >= 0.6 is 11.3 Å². The molecule has 3 aromatic rings. The predicted molar refractivity (Wildman–Crippen MR) is 135 cm³/mol. The summed E-state index contributed by atoms with van der Waals surface area (Å²) in [4.78, 5) is 30.5. The molecule has 35 heavy (non-hydrogen) atoms. The van der Waals surface area contributed by atoms with Crippen molar-refractivity contribution < 1.29 is 28.5 Å². The summed E-state index contributed by atoms with van der Waals surface area (Å²) in [5.74, 6) is 1.28. The summed E-state index contributed by atoms with van der Waals surface area (Å²) >= 11 is 1.27. The third kappa shape index (κ3) is 6.21. The fraction of sp³-hybridized carbons (Fsp3) is 0.320. The average Bonchev–Trinajstić information content (AvgIpc) is 3.34. The zero-order valence-electron chi connectivity index (χ0n) is 20.5. The minimum atomic E-state index is -0.793. The molecule has 1 aromatic heterocycles. The van der Waals surface area contributed by atoms with E-state index < -0.39 is 11.9 Å². The minimum Gasteiger partial charge on any atom is -0.497 e. The summed E-state index contributed by atoms with van der Waals surface area (Å²) < 4.78 is 21.2. The Kier molecular flexibility index (Phi) is 8.53. The van der Waals surface area contributed by atoms with Crippen LogP contribution in [0.5, 0.6) is 23.0 Å². The van der Waals surface area contributed by atoms with Gasteiger partial charge in [-0.1, -0.05) is 13.8 Å². The fourth-order valence-corrected chi connectivity index (χ4v) is 4.06. The second-order valence-electron chi connectivity index (χ2n) is 7.89. The molecule has 0 radical (unpaired) electrons. The Labute approximate surface area is 208 Å². The molecule has 0 saturated heterocycles. The number of nitrogens with zero attached hydrogens (tertiary/aromatic N) is 1. The highest BCUT2D eigenvalue weighted by Gasteiger charge is 2.26. The lowest BCUT2D eigenvalue weighted by Gasteiger charge is -2.21. The van der Waals surface area contributed by atoms with Crippen molar-refractivity contribution >= 4 is 28.3 Å². The van der Waals surface area contributed by atoms with Gasteiger partial charge in [0.1, 0.15) is 29.0 Å².